The van der Waals surface area contributed by atoms with Crippen LogP contribution in [-0.2, 0) is 0 Å². The summed E-state index contributed by atoms with van der Waals surface area (Å²) in [5, 5.41) is 0. The van der Waals surface area contributed by atoms with Gasteiger partial charge in [-0.05, 0) is 167 Å². The van der Waals surface area contributed by atoms with E-state index in [4.69, 9.17) is 28.9 Å². The number of benzene rings is 8. The minimum atomic E-state index is -0.612. The lowest BCUT2D eigenvalue weighted by Gasteiger charge is -2.15. The molecular weight excluding hydrogens is 1200 g/mol. The Balaban J connectivity index is 0.730. The highest BCUT2D eigenvalue weighted by Crippen LogP contribution is 2.40. The molecule has 0 saturated carbocycles. The Morgan fingerprint density at radius 3 is 0.771 bits per heavy atom. The molecule has 0 unspecified atom stereocenters. The van der Waals surface area contributed by atoms with Crippen LogP contribution in [0, 0.1) is 0 Å². The number of rotatable bonds is 17. The molecule has 0 spiro atoms. The Morgan fingerprint density at radius 2 is 0.469 bits per heavy atom. The van der Waals surface area contributed by atoms with Gasteiger partial charge in [0.15, 0.2) is 0 Å². The smallest absolute Gasteiger partial charge is 0.343 e. The normalized spacial score (nSPS) is 10.9. The van der Waals surface area contributed by atoms with Crippen LogP contribution in [0.3, 0.4) is 0 Å². The highest BCUT2D eigenvalue weighted by molar-refractivity contribution is 5.96. The zero-order chi connectivity index (χ0) is 65.2. The Kier molecular flexibility index (Phi) is 17.3. The lowest BCUT2D eigenvalue weighted by molar-refractivity contribution is 0.0713. The fourth-order valence-electron chi connectivity index (χ4n) is 11.0. The van der Waals surface area contributed by atoms with E-state index < -0.39 is 23.9 Å². The summed E-state index contributed by atoms with van der Waals surface area (Å²) >= 11 is 0. The summed E-state index contributed by atoms with van der Waals surface area (Å²) in [6, 6.07) is 83.6. The molecule has 14 heteroatoms. The van der Waals surface area contributed by atoms with E-state index in [1.54, 1.807) is 110 Å². The molecule has 14 aromatic rings. The third-order valence-electron chi connectivity index (χ3n) is 15.8. The van der Waals surface area contributed by atoms with E-state index in [1.165, 1.54) is 12.1 Å². The second-order valence-electron chi connectivity index (χ2n) is 22.1. The first-order valence-corrected chi connectivity index (χ1v) is 30.5. The lowest BCUT2D eigenvalue weighted by Crippen LogP contribution is -2.10. The molecule has 0 amide bonds. The van der Waals surface area contributed by atoms with Gasteiger partial charge in [-0.1, -0.05) is 127 Å². The number of carbonyl (C=O) groups is 4. The van der Waals surface area contributed by atoms with Crippen LogP contribution in [0.25, 0.3) is 101 Å². The van der Waals surface area contributed by atoms with Crippen molar-refractivity contribution in [1.82, 2.24) is 29.9 Å². The van der Waals surface area contributed by atoms with Crippen LogP contribution in [0.4, 0.5) is 0 Å². The molecule has 6 heterocycles. The van der Waals surface area contributed by atoms with Crippen LogP contribution in [0.5, 0.6) is 23.0 Å². The minimum Gasteiger partial charge on any atom is -0.423 e. The molecule has 8 aromatic carbocycles. The summed E-state index contributed by atoms with van der Waals surface area (Å²) in [4.78, 5) is 83.0. The third-order valence-corrected chi connectivity index (χ3v) is 15.8. The second kappa shape index (κ2) is 27.6. The average molecular weight is 1250 g/mol. The molecule has 0 bridgehead atoms. The van der Waals surface area contributed by atoms with Crippen molar-refractivity contribution in [2.45, 2.75) is 0 Å². The number of esters is 4. The van der Waals surface area contributed by atoms with Crippen LogP contribution in [0.1, 0.15) is 41.4 Å². The summed E-state index contributed by atoms with van der Waals surface area (Å²) in [5.74, 6) is -1.84. The highest BCUT2D eigenvalue weighted by Gasteiger charge is 2.21. The van der Waals surface area contributed by atoms with Crippen molar-refractivity contribution in [2.24, 2.45) is 0 Å². The quantitative estimate of drug-likeness (QED) is 0.0620. The van der Waals surface area contributed by atoms with Crippen molar-refractivity contribution >= 4 is 23.9 Å². The van der Waals surface area contributed by atoms with E-state index in [0.717, 1.165) is 78.4 Å². The molecule has 14 rings (SSSR count). The predicted octanol–water partition coefficient (Wildman–Crippen LogP) is 17.9. The van der Waals surface area contributed by atoms with Crippen molar-refractivity contribution in [2.75, 3.05) is 0 Å². The van der Waals surface area contributed by atoms with Crippen LogP contribution in [-0.4, -0.2) is 53.8 Å². The molecule has 0 radical (unpaired) electrons. The standard InChI is InChI=1S/C82H52N6O8/c89-79(57-29-21-53(22-30-57)73-17-5-9-41-83-73)93-65-45-63(46-66(49-65)94-80(90)58-31-23-54(24-32-58)74-18-6-10-42-84-74)70-14-2-1-13-69(70)61-37-39-77(87-51-61)62-38-40-78(88-52-62)72-16-4-3-15-71(72)64-47-67(95-81(91)59-33-25-55(26-34-59)75-19-7-11-43-85-75)50-68(48-64)96-82(92)60-35-27-56(28-36-60)76-20-8-12-44-86-76/h1-52H. The number of carbonyl (C=O) groups excluding carboxylic acids is 4. The molecular formula is C82H52N6O8. The molecule has 6 aromatic heterocycles. The number of nitrogens with zero attached hydrogens (tertiary/aromatic N) is 6. The van der Waals surface area contributed by atoms with Crippen molar-refractivity contribution in [3.8, 4) is 124 Å². The van der Waals surface area contributed by atoms with E-state index in [-0.39, 0.29) is 23.0 Å². The van der Waals surface area contributed by atoms with Gasteiger partial charge >= 0.3 is 23.9 Å². The first-order chi connectivity index (χ1) is 47.2. The third kappa shape index (κ3) is 13.7. The number of hydrogen-bond donors (Lipinski definition) is 0. The molecule has 0 fully saturated rings. The molecule has 0 N–H and O–H groups in total. The van der Waals surface area contributed by atoms with Crippen molar-refractivity contribution < 1.29 is 38.1 Å². The maximum Gasteiger partial charge on any atom is 0.343 e. The molecule has 0 saturated heterocycles. The monoisotopic (exact) mass is 1250 g/mol. The fourth-order valence-corrected chi connectivity index (χ4v) is 11.0. The minimum absolute atomic E-state index is 0.148. The van der Waals surface area contributed by atoms with Gasteiger partial charge in [-0.3, -0.25) is 29.9 Å². The maximum atomic E-state index is 13.9. The van der Waals surface area contributed by atoms with E-state index in [0.29, 0.717) is 44.8 Å². The van der Waals surface area contributed by atoms with Crippen LogP contribution in [0.2, 0.25) is 0 Å². The van der Waals surface area contributed by atoms with Gasteiger partial charge in [0.1, 0.15) is 23.0 Å². The first kappa shape index (κ1) is 60.1. The second-order valence-corrected chi connectivity index (χ2v) is 22.1. The van der Waals surface area contributed by atoms with E-state index >= 15 is 0 Å². The lowest BCUT2D eigenvalue weighted by atomic mass is 9.94. The summed E-state index contributed by atoms with van der Waals surface area (Å²) in [6.07, 6.45) is 10.4. The van der Waals surface area contributed by atoms with Crippen LogP contribution < -0.4 is 18.9 Å². The van der Waals surface area contributed by atoms with Gasteiger partial charge in [0.2, 0.25) is 0 Å². The summed E-state index contributed by atoms with van der Waals surface area (Å²) < 4.78 is 24.2. The summed E-state index contributed by atoms with van der Waals surface area (Å²) in [7, 11) is 0. The van der Waals surface area contributed by atoms with Crippen molar-refractivity contribution in [1.29, 1.82) is 0 Å². The van der Waals surface area contributed by atoms with Gasteiger partial charge < -0.3 is 18.9 Å². The van der Waals surface area contributed by atoms with Gasteiger partial charge in [-0.25, -0.2) is 19.2 Å². The molecule has 0 aliphatic carbocycles. The molecule has 458 valence electrons. The summed E-state index contributed by atoms with van der Waals surface area (Å²) in [5.41, 5.74) is 14.7. The Labute approximate surface area is 551 Å². The zero-order valence-corrected chi connectivity index (χ0v) is 51.0. The zero-order valence-electron chi connectivity index (χ0n) is 51.0. The van der Waals surface area contributed by atoms with Crippen LogP contribution >= 0.6 is 0 Å². The van der Waals surface area contributed by atoms with Gasteiger partial charge in [0, 0.05) is 88.3 Å². The molecule has 96 heavy (non-hydrogen) atoms. The van der Waals surface area contributed by atoms with E-state index in [9.17, 15) is 19.2 Å². The Bertz CT molecular complexity index is 4570. The van der Waals surface area contributed by atoms with Crippen LogP contribution in [0.15, 0.2) is 316 Å². The predicted molar refractivity (Wildman–Crippen MR) is 368 cm³/mol. The van der Waals surface area contributed by atoms with Crippen molar-refractivity contribution in [3.05, 3.63) is 338 Å². The molecule has 0 atom stereocenters. The van der Waals surface area contributed by atoms with E-state index in [1.807, 2.05) is 194 Å². The molecule has 0 aliphatic rings. The number of ether oxygens (including phenoxy) is 4. The number of pyridine rings is 6. The number of hydrogen-bond acceptors (Lipinski definition) is 14. The van der Waals surface area contributed by atoms with Gasteiger partial charge in [0.05, 0.1) is 56.4 Å². The maximum absolute atomic E-state index is 13.9. The Morgan fingerprint density at radius 1 is 0.208 bits per heavy atom. The number of aromatic nitrogens is 6. The average Bonchev–Trinajstić information content (AvgIpc) is 0.861. The van der Waals surface area contributed by atoms with Gasteiger partial charge in [0.25, 0.3) is 0 Å². The topological polar surface area (TPSA) is 183 Å². The highest BCUT2D eigenvalue weighted by atomic mass is 16.6. The molecule has 0 aliphatic heterocycles. The first-order valence-electron chi connectivity index (χ1n) is 30.5. The fraction of sp³-hybridized carbons (Fsp3) is 0. The van der Waals surface area contributed by atoms with E-state index in [2.05, 4.69) is 19.9 Å². The summed E-state index contributed by atoms with van der Waals surface area (Å²) in [6.45, 7) is 0. The van der Waals surface area contributed by atoms with Crippen molar-refractivity contribution in [3.63, 3.8) is 0 Å². The molecule has 14 nitrogen and oxygen atoms in total. The Hall–Kier alpha value is -13.5. The SMILES string of the molecule is O=C(Oc1cc(OC(=O)c2ccc(-c3ccccn3)cc2)cc(-c2ccccc2-c2ccc(-c3ccc(-c4ccccc4-c4cc(OC(=O)c5ccc(-c6ccccn6)cc5)cc(OC(=O)c5ccc(-c6ccccn6)cc5)c4)nc3)nc2)c1)c1ccc(-c2ccccn2)cc1. The van der Waals surface area contributed by atoms with Gasteiger partial charge in [-0.2, -0.15) is 0 Å². The largest absolute Gasteiger partial charge is 0.423 e. The van der Waals surface area contributed by atoms with Gasteiger partial charge in [-0.15, -0.1) is 0 Å².